The van der Waals surface area contributed by atoms with Gasteiger partial charge in [0, 0.05) is 17.6 Å². The van der Waals surface area contributed by atoms with Gasteiger partial charge < -0.3 is 0 Å². The summed E-state index contributed by atoms with van der Waals surface area (Å²) in [6.45, 7) is 4.18. The Labute approximate surface area is 111 Å². The first-order chi connectivity index (χ1) is 9.13. The number of aromatic nitrogens is 1. The lowest BCUT2D eigenvalue weighted by atomic mass is 10.1. The highest BCUT2D eigenvalue weighted by atomic mass is 16.6. The number of rotatable bonds is 4. The quantitative estimate of drug-likeness (QED) is 0.603. The van der Waals surface area contributed by atoms with Gasteiger partial charge in [-0.25, -0.2) is 0 Å². The van der Waals surface area contributed by atoms with Crippen LogP contribution in [0.3, 0.4) is 0 Å². The molecule has 1 heterocycles. The second-order valence-corrected chi connectivity index (χ2v) is 4.57. The van der Waals surface area contributed by atoms with Crippen molar-refractivity contribution in [2.75, 3.05) is 0 Å². The number of pyridine rings is 1. The van der Waals surface area contributed by atoms with E-state index in [-0.39, 0.29) is 10.6 Å². The lowest BCUT2D eigenvalue weighted by molar-refractivity contribution is -0.383. The molecule has 0 atom stereocenters. The molecule has 0 aliphatic heterocycles. The average Bonchev–Trinajstić information content (AvgIpc) is 2.38. The number of nitro benzene ring substituents is 1. The van der Waals surface area contributed by atoms with Crippen LogP contribution < -0.4 is 0 Å². The summed E-state index contributed by atoms with van der Waals surface area (Å²) in [4.78, 5) is 15.0. The Morgan fingerprint density at radius 1 is 1.37 bits per heavy atom. The highest BCUT2D eigenvalue weighted by Gasteiger charge is 2.12. The zero-order chi connectivity index (χ0) is 13.8. The molecule has 0 unspecified atom stereocenters. The van der Waals surface area contributed by atoms with Crippen LogP contribution in [0.25, 0.3) is 16.8 Å². The first-order valence-corrected chi connectivity index (χ1v) is 6.32. The van der Waals surface area contributed by atoms with Crippen molar-refractivity contribution in [3.05, 3.63) is 51.8 Å². The fourth-order valence-electron chi connectivity index (χ4n) is 2.19. The molecule has 0 aliphatic rings. The maximum absolute atomic E-state index is 11.0. The molecule has 98 valence electrons. The van der Waals surface area contributed by atoms with Gasteiger partial charge in [0.25, 0.3) is 5.69 Å². The fraction of sp³-hybridized carbons (Fsp3) is 0.267. The topological polar surface area (TPSA) is 56.0 Å². The normalized spacial score (nSPS) is 11.8. The smallest absolute Gasteiger partial charge is 0.258 e. The summed E-state index contributed by atoms with van der Waals surface area (Å²) >= 11 is 0. The molecular formula is C15H16N2O2. The molecule has 4 heteroatoms. The van der Waals surface area contributed by atoms with E-state index in [1.54, 1.807) is 18.3 Å². The lowest BCUT2D eigenvalue weighted by Crippen LogP contribution is -1.92. The van der Waals surface area contributed by atoms with Gasteiger partial charge in [-0.3, -0.25) is 15.1 Å². The molecule has 0 bridgehead atoms. The van der Waals surface area contributed by atoms with Crippen molar-refractivity contribution in [3.63, 3.8) is 0 Å². The van der Waals surface area contributed by atoms with Crippen LogP contribution in [0.5, 0.6) is 0 Å². The first kappa shape index (κ1) is 13.2. The number of nitrogens with zero attached hydrogens (tertiary/aromatic N) is 2. The third kappa shape index (κ3) is 2.78. The molecule has 0 spiro atoms. The first-order valence-electron chi connectivity index (χ1n) is 6.32. The van der Waals surface area contributed by atoms with Gasteiger partial charge in [-0.1, -0.05) is 31.1 Å². The minimum Gasteiger partial charge on any atom is -0.258 e. The summed E-state index contributed by atoms with van der Waals surface area (Å²) in [6.07, 6.45) is 5.72. The molecule has 0 N–H and O–H groups in total. The second kappa shape index (κ2) is 5.61. The Morgan fingerprint density at radius 3 is 2.84 bits per heavy atom. The van der Waals surface area contributed by atoms with Gasteiger partial charge in [-0.15, -0.1) is 0 Å². The summed E-state index contributed by atoms with van der Waals surface area (Å²) in [7, 11) is 0. The van der Waals surface area contributed by atoms with Gasteiger partial charge in [0.2, 0.25) is 0 Å². The van der Waals surface area contributed by atoms with Gasteiger partial charge in [0.05, 0.1) is 16.0 Å². The molecule has 4 nitrogen and oxygen atoms in total. The molecule has 1 aromatic carbocycles. The van der Waals surface area contributed by atoms with Crippen molar-refractivity contribution in [2.24, 2.45) is 0 Å². The largest absolute Gasteiger partial charge is 0.277 e. The van der Waals surface area contributed by atoms with E-state index in [0.717, 1.165) is 23.9 Å². The van der Waals surface area contributed by atoms with E-state index < -0.39 is 0 Å². The molecule has 2 aromatic rings. The van der Waals surface area contributed by atoms with Crippen molar-refractivity contribution in [1.82, 2.24) is 4.98 Å². The second-order valence-electron chi connectivity index (χ2n) is 4.57. The van der Waals surface area contributed by atoms with Gasteiger partial charge in [-0.2, -0.15) is 0 Å². The van der Waals surface area contributed by atoms with Gasteiger partial charge in [-0.05, 0) is 25.5 Å². The van der Waals surface area contributed by atoms with Crippen molar-refractivity contribution >= 4 is 22.5 Å². The number of hydrogen-bond acceptors (Lipinski definition) is 3. The number of hydrogen-bond donors (Lipinski definition) is 0. The Kier molecular flexibility index (Phi) is 3.90. The summed E-state index contributed by atoms with van der Waals surface area (Å²) < 4.78 is 0. The number of fused-ring (bicyclic) bond motifs is 1. The molecular weight excluding hydrogens is 240 g/mol. The van der Waals surface area contributed by atoms with Crippen LogP contribution >= 0.6 is 0 Å². The molecule has 0 saturated heterocycles. The van der Waals surface area contributed by atoms with E-state index in [9.17, 15) is 10.1 Å². The summed E-state index contributed by atoms with van der Waals surface area (Å²) in [5.41, 5.74) is 2.16. The van der Waals surface area contributed by atoms with E-state index in [2.05, 4.69) is 18.8 Å². The molecule has 0 radical (unpaired) electrons. The standard InChI is InChI=1S/C15H16N2O2/c1-3-5-11(2)10-14-12-6-4-7-15(17(18)19)13(12)8-9-16-14/h4,6-10H,3,5H2,1-2H3/b11-10+. The zero-order valence-electron chi connectivity index (χ0n) is 11.1. The SMILES string of the molecule is CCC/C(C)=C/c1nccc2c([N+](=O)[O-])cccc12. The predicted molar refractivity (Wildman–Crippen MR) is 77.0 cm³/mol. The van der Waals surface area contributed by atoms with Crippen molar-refractivity contribution < 1.29 is 4.92 Å². The van der Waals surface area contributed by atoms with E-state index in [0.29, 0.717) is 5.39 Å². The minimum atomic E-state index is -0.352. The average molecular weight is 256 g/mol. The summed E-state index contributed by atoms with van der Waals surface area (Å²) in [5.74, 6) is 0. The van der Waals surface area contributed by atoms with E-state index in [1.165, 1.54) is 11.6 Å². The summed E-state index contributed by atoms with van der Waals surface area (Å²) in [6, 6.07) is 6.80. The Morgan fingerprint density at radius 2 is 2.16 bits per heavy atom. The lowest BCUT2D eigenvalue weighted by Gasteiger charge is -2.04. The zero-order valence-corrected chi connectivity index (χ0v) is 11.1. The molecule has 1 aromatic heterocycles. The van der Waals surface area contributed by atoms with Crippen LogP contribution in [-0.2, 0) is 0 Å². The number of nitro groups is 1. The Balaban J connectivity index is 2.61. The molecule has 0 amide bonds. The van der Waals surface area contributed by atoms with Crippen molar-refractivity contribution in [3.8, 4) is 0 Å². The Bertz CT molecular complexity index is 648. The van der Waals surface area contributed by atoms with Crippen LogP contribution in [0, 0.1) is 10.1 Å². The maximum Gasteiger partial charge on any atom is 0.277 e. The number of allylic oxidation sites excluding steroid dienone is 1. The monoisotopic (exact) mass is 256 g/mol. The van der Waals surface area contributed by atoms with E-state index in [4.69, 9.17) is 0 Å². The third-order valence-corrected chi connectivity index (χ3v) is 3.04. The van der Waals surface area contributed by atoms with Crippen molar-refractivity contribution in [1.29, 1.82) is 0 Å². The maximum atomic E-state index is 11.0. The van der Waals surface area contributed by atoms with Crippen LogP contribution in [0.1, 0.15) is 32.4 Å². The van der Waals surface area contributed by atoms with Gasteiger partial charge in [0.1, 0.15) is 0 Å². The van der Waals surface area contributed by atoms with Crippen LogP contribution in [-0.4, -0.2) is 9.91 Å². The van der Waals surface area contributed by atoms with E-state index >= 15 is 0 Å². The fourth-order valence-corrected chi connectivity index (χ4v) is 2.19. The number of benzene rings is 1. The third-order valence-electron chi connectivity index (χ3n) is 3.04. The molecule has 19 heavy (non-hydrogen) atoms. The van der Waals surface area contributed by atoms with Crippen LogP contribution in [0.4, 0.5) is 5.69 Å². The minimum absolute atomic E-state index is 0.127. The summed E-state index contributed by atoms with van der Waals surface area (Å²) in [5, 5.41) is 12.5. The van der Waals surface area contributed by atoms with Crippen LogP contribution in [0.15, 0.2) is 36.0 Å². The molecule has 0 aliphatic carbocycles. The molecule has 0 fully saturated rings. The highest BCUT2D eigenvalue weighted by Crippen LogP contribution is 2.27. The van der Waals surface area contributed by atoms with Gasteiger partial charge in [0.15, 0.2) is 0 Å². The van der Waals surface area contributed by atoms with Crippen molar-refractivity contribution in [2.45, 2.75) is 26.7 Å². The van der Waals surface area contributed by atoms with E-state index in [1.807, 2.05) is 12.1 Å². The van der Waals surface area contributed by atoms with Crippen LogP contribution in [0.2, 0.25) is 0 Å². The van der Waals surface area contributed by atoms with Gasteiger partial charge >= 0.3 is 0 Å². The predicted octanol–water partition coefficient (Wildman–Crippen LogP) is 4.35. The molecule has 2 rings (SSSR count). The Hall–Kier alpha value is -2.23. The number of non-ortho nitro benzene ring substituents is 1. The molecule has 0 saturated carbocycles. The highest BCUT2D eigenvalue weighted by molar-refractivity contribution is 5.95.